The summed E-state index contributed by atoms with van der Waals surface area (Å²) >= 11 is 0. The number of hydrogen-bond acceptors (Lipinski definition) is 4. The average Bonchev–Trinajstić information content (AvgIpc) is 2.61. The van der Waals surface area contributed by atoms with E-state index in [2.05, 4.69) is 10.0 Å². The van der Waals surface area contributed by atoms with E-state index < -0.39 is 15.8 Å². The van der Waals surface area contributed by atoms with E-state index in [4.69, 9.17) is 4.74 Å². The predicted octanol–water partition coefficient (Wildman–Crippen LogP) is 3.03. The number of rotatable bonds is 9. The number of halogens is 1. The summed E-state index contributed by atoms with van der Waals surface area (Å²) in [5, 5.41) is 2.76. The van der Waals surface area contributed by atoms with Gasteiger partial charge in [-0.1, -0.05) is 26.0 Å². The summed E-state index contributed by atoms with van der Waals surface area (Å²) in [4.78, 5) is 12.3. The summed E-state index contributed by atoms with van der Waals surface area (Å²) in [7, 11) is -3.73. The van der Waals surface area contributed by atoms with Crippen LogP contribution in [0.15, 0.2) is 48.5 Å². The summed E-state index contributed by atoms with van der Waals surface area (Å²) in [6, 6.07) is 11.7. The van der Waals surface area contributed by atoms with Crippen LogP contribution in [0.25, 0.3) is 0 Å². The van der Waals surface area contributed by atoms with Crippen LogP contribution in [0.2, 0.25) is 0 Å². The molecule has 2 rings (SSSR count). The van der Waals surface area contributed by atoms with Crippen molar-refractivity contribution in [1.82, 2.24) is 5.32 Å². The molecule has 0 radical (unpaired) electrons. The Kier molecular flexibility index (Phi) is 7.18. The van der Waals surface area contributed by atoms with Crippen LogP contribution in [0, 0.1) is 11.7 Å². The van der Waals surface area contributed by atoms with Gasteiger partial charge in [-0.15, -0.1) is 0 Å². The van der Waals surface area contributed by atoms with Crippen molar-refractivity contribution in [1.29, 1.82) is 0 Å². The Hall–Kier alpha value is -2.61. The molecule has 0 spiro atoms. The molecular formula is C19H23FN2O4S. The molecule has 0 atom stereocenters. The van der Waals surface area contributed by atoms with E-state index in [9.17, 15) is 17.6 Å². The lowest BCUT2D eigenvalue weighted by molar-refractivity contribution is 0.0950. The summed E-state index contributed by atoms with van der Waals surface area (Å²) < 4.78 is 45.2. The topological polar surface area (TPSA) is 84.5 Å². The normalized spacial score (nSPS) is 11.3. The molecule has 0 bridgehead atoms. The molecule has 1 amide bonds. The second-order valence-corrected chi connectivity index (χ2v) is 8.21. The molecule has 0 aliphatic carbocycles. The van der Waals surface area contributed by atoms with Crippen molar-refractivity contribution >= 4 is 21.6 Å². The Balaban J connectivity index is 1.98. The molecule has 146 valence electrons. The number of anilines is 1. The first-order chi connectivity index (χ1) is 12.8. The van der Waals surface area contributed by atoms with Gasteiger partial charge in [0.1, 0.15) is 23.9 Å². The van der Waals surface area contributed by atoms with Gasteiger partial charge in [0.2, 0.25) is 10.0 Å². The highest BCUT2D eigenvalue weighted by molar-refractivity contribution is 7.92. The first-order valence-electron chi connectivity index (χ1n) is 8.53. The molecule has 0 aliphatic rings. The molecule has 6 nitrogen and oxygen atoms in total. The molecule has 0 fully saturated rings. The minimum atomic E-state index is -3.73. The number of carbonyl (C=O) groups is 1. The Morgan fingerprint density at radius 3 is 2.44 bits per heavy atom. The Labute approximate surface area is 158 Å². The lowest BCUT2D eigenvalue weighted by Gasteiger charge is -2.14. The van der Waals surface area contributed by atoms with Gasteiger partial charge >= 0.3 is 0 Å². The van der Waals surface area contributed by atoms with E-state index in [1.165, 1.54) is 30.3 Å². The summed E-state index contributed by atoms with van der Waals surface area (Å²) in [5.41, 5.74) is 0.460. The van der Waals surface area contributed by atoms with Gasteiger partial charge < -0.3 is 10.1 Å². The molecule has 0 unspecified atom stereocenters. The lowest BCUT2D eigenvalue weighted by atomic mass is 10.1. The molecular weight excluding hydrogens is 371 g/mol. The first kappa shape index (κ1) is 20.7. The summed E-state index contributed by atoms with van der Waals surface area (Å²) in [6.45, 7) is 4.32. The molecule has 8 heteroatoms. The van der Waals surface area contributed by atoms with Gasteiger partial charge in [0.25, 0.3) is 5.91 Å². The predicted molar refractivity (Wildman–Crippen MR) is 103 cm³/mol. The third kappa shape index (κ3) is 6.90. The highest BCUT2D eigenvalue weighted by Crippen LogP contribution is 2.17. The quantitative estimate of drug-likeness (QED) is 0.685. The minimum Gasteiger partial charge on any atom is -0.492 e. The van der Waals surface area contributed by atoms with Crippen LogP contribution in [-0.2, 0) is 10.0 Å². The maximum atomic E-state index is 12.8. The minimum absolute atomic E-state index is 0.108. The molecule has 2 aromatic carbocycles. The van der Waals surface area contributed by atoms with Gasteiger partial charge in [0, 0.05) is 6.54 Å². The average molecular weight is 394 g/mol. The monoisotopic (exact) mass is 394 g/mol. The van der Waals surface area contributed by atoms with Gasteiger partial charge in [-0.3, -0.25) is 9.52 Å². The Morgan fingerprint density at radius 2 is 1.78 bits per heavy atom. The molecule has 27 heavy (non-hydrogen) atoms. The summed E-state index contributed by atoms with van der Waals surface area (Å²) in [5.74, 6) is -0.401. The molecule has 0 heterocycles. The van der Waals surface area contributed by atoms with Crippen LogP contribution in [0.1, 0.15) is 24.2 Å². The molecule has 0 saturated carbocycles. The highest BCUT2D eigenvalue weighted by Gasteiger charge is 2.17. The van der Waals surface area contributed by atoms with Crippen LogP contribution in [-0.4, -0.2) is 33.2 Å². The Bertz CT molecular complexity index is 868. The number of benzene rings is 2. The van der Waals surface area contributed by atoms with Crippen molar-refractivity contribution in [3.8, 4) is 5.75 Å². The van der Waals surface area contributed by atoms with E-state index in [1.807, 2.05) is 13.8 Å². The van der Waals surface area contributed by atoms with E-state index in [1.54, 1.807) is 18.2 Å². The fourth-order valence-electron chi connectivity index (χ4n) is 2.18. The number of para-hydroxylation sites is 1. The van der Waals surface area contributed by atoms with Crippen molar-refractivity contribution in [3.63, 3.8) is 0 Å². The molecule has 0 aromatic heterocycles. The fraction of sp³-hybridized carbons (Fsp3) is 0.316. The number of carbonyl (C=O) groups excluding carboxylic acids is 1. The standard InChI is InChI=1S/C19H23FN2O4S/c1-14(2)13-21-19(23)17-5-3-4-6-18(17)22-27(24,25)12-11-26-16-9-7-15(20)8-10-16/h3-10,14,22H,11-13H2,1-2H3,(H,21,23). The molecule has 0 saturated heterocycles. The molecule has 2 aromatic rings. The second kappa shape index (κ2) is 9.36. The number of nitrogens with one attached hydrogen (secondary N) is 2. The molecule has 2 N–H and O–H groups in total. The van der Waals surface area contributed by atoms with Crippen LogP contribution in [0.4, 0.5) is 10.1 Å². The highest BCUT2D eigenvalue weighted by atomic mass is 32.2. The van der Waals surface area contributed by atoms with Crippen LogP contribution < -0.4 is 14.8 Å². The molecule has 0 aliphatic heterocycles. The van der Waals surface area contributed by atoms with Crippen LogP contribution >= 0.6 is 0 Å². The third-order valence-corrected chi connectivity index (χ3v) is 4.78. The van der Waals surface area contributed by atoms with E-state index in [0.29, 0.717) is 12.3 Å². The van der Waals surface area contributed by atoms with Crippen molar-refractivity contribution < 1.29 is 22.3 Å². The second-order valence-electron chi connectivity index (χ2n) is 6.37. The fourth-order valence-corrected chi connectivity index (χ4v) is 3.10. The lowest BCUT2D eigenvalue weighted by Crippen LogP contribution is -2.29. The first-order valence-corrected chi connectivity index (χ1v) is 10.2. The van der Waals surface area contributed by atoms with Crippen molar-refractivity contribution in [2.75, 3.05) is 23.6 Å². The van der Waals surface area contributed by atoms with Gasteiger partial charge in [-0.2, -0.15) is 0 Å². The number of ether oxygens (including phenoxy) is 1. The number of hydrogen-bond donors (Lipinski definition) is 2. The zero-order valence-corrected chi connectivity index (χ0v) is 16.1. The SMILES string of the molecule is CC(C)CNC(=O)c1ccccc1NS(=O)(=O)CCOc1ccc(F)cc1. The van der Waals surface area contributed by atoms with Gasteiger partial charge in [0.05, 0.1) is 11.3 Å². The van der Waals surface area contributed by atoms with Crippen LogP contribution in [0.5, 0.6) is 5.75 Å². The summed E-state index contributed by atoms with van der Waals surface area (Å²) in [6.07, 6.45) is 0. The van der Waals surface area contributed by atoms with Crippen LogP contribution in [0.3, 0.4) is 0 Å². The maximum Gasteiger partial charge on any atom is 0.253 e. The van der Waals surface area contributed by atoms with Gasteiger partial charge in [-0.05, 0) is 42.3 Å². The van der Waals surface area contributed by atoms with E-state index in [0.717, 1.165) is 0 Å². The van der Waals surface area contributed by atoms with E-state index in [-0.39, 0.29) is 35.4 Å². The van der Waals surface area contributed by atoms with Gasteiger partial charge in [-0.25, -0.2) is 12.8 Å². The van der Waals surface area contributed by atoms with Gasteiger partial charge in [0.15, 0.2) is 0 Å². The van der Waals surface area contributed by atoms with E-state index >= 15 is 0 Å². The largest absolute Gasteiger partial charge is 0.492 e. The van der Waals surface area contributed by atoms with Crippen molar-refractivity contribution in [2.24, 2.45) is 5.92 Å². The smallest absolute Gasteiger partial charge is 0.253 e. The van der Waals surface area contributed by atoms with Crippen molar-refractivity contribution in [3.05, 3.63) is 59.9 Å². The van der Waals surface area contributed by atoms with Crippen molar-refractivity contribution in [2.45, 2.75) is 13.8 Å². The maximum absolute atomic E-state index is 12.8. The number of amides is 1. The zero-order valence-electron chi connectivity index (χ0n) is 15.2. The number of sulfonamides is 1. The third-order valence-electron chi connectivity index (χ3n) is 3.54. The Morgan fingerprint density at radius 1 is 1.11 bits per heavy atom. The zero-order chi connectivity index (χ0) is 19.9.